The number of nitrogens with zero attached hydrogens (tertiary/aromatic N) is 4. The largest absolute Gasteiger partial charge is 0.354 e. The molecule has 0 radical (unpaired) electrons. The lowest BCUT2D eigenvalue weighted by molar-refractivity contribution is 0.215. The molecule has 0 bridgehead atoms. The van der Waals surface area contributed by atoms with Gasteiger partial charge in [-0.05, 0) is 48.7 Å². The number of anilines is 2. The number of hydrogen-bond acceptors (Lipinski definition) is 4. The summed E-state index contributed by atoms with van der Waals surface area (Å²) >= 11 is 0. The number of urea groups is 1. The first kappa shape index (κ1) is 21.6. The number of fused-ring (bicyclic) bond motifs is 1. The van der Waals surface area contributed by atoms with E-state index in [2.05, 4.69) is 35.3 Å². The number of hydrogen-bond donors (Lipinski definition) is 1. The molecule has 0 unspecified atom stereocenters. The summed E-state index contributed by atoms with van der Waals surface area (Å²) in [6.07, 6.45) is 2.79. The van der Waals surface area contributed by atoms with Gasteiger partial charge in [-0.15, -0.1) is 0 Å². The van der Waals surface area contributed by atoms with E-state index in [1.54, 1.807) is 23.1 Å². The molecule has 4 rings (SSSR count). The van der Waals surface area contributed by atoms with Gasteiger partial charge in [-0.2, -0.15) is 5.26 Å². The second kappa shape index (κ2) is 9.65. The summed E-state index contributed by atoms with van der Waals surface area (Å²) < 4.78 is 13.9. The predicted octanol–water partition coefficient (Wildman–Crippen LogP) is 4.94. The topological polar surface area (TPSA) is 72.3 Å². The SMILES string of the molecule is CCCc1ccc2nc(N3CCCN(C(=O)Nc4ccccc4F)CC3)c(C#N)cc2c1. The average Bonchev–Trinajstić information content (AvgIpc) is 3.06. The highest BCUT2D eigenvalue weighted by Crippen LogP contribution is 2.25. The van der Waals surface area contributed by atoms with Crippen molar-refractivity contribution in [2.24, 2.45) is 0 Å². The van der Waals surface area contributed by atoms with Crippen LogP contribution < -0.4 is 10.2 Å². The molecule has 1 aromatic heterocycles. The van der Waals surface area contributed by atoms with Gasteiger partial charge in [-0.25, -0.2) is 14.2 Å². The third-order valence-corrected chi connectivity index (χ3v) is 5.72. The number of nitriles is 1. The molecule has 2 aromatic carbocycles. The van der Waals surface area contributed by atoms with Crippen LogP contribution in [-0.4, -0.2) is 42.1 Å². The Balaban J connectivity index is 1.51. The smallest absolute Gasteiger partial charge is 0.321 e. The van der Waals surface area contributed by atoms with Crippen LogP contribution in [0.4, 0.5) is 20.7 Å². The highest BCUT2D eigenvalue weighted by Gasteiger charge is 2.22. The van der Waals surface area contributed by atoms with Crippen molar-refractivity contribution in [3.63, 3.8) is 0 Å². The first-order chi connectivity index (χ1) is 15.6. The molecule has 7 heteroatoms. The summed E-state index contributed by atoms with van der Waals surface area (Å²) in [6.45, 7) is 4.38. The Labute approximate surface area is 187 Å². The summed E-state index contributed by atoms with van der Waals surface area (Å²) in [5.74, 6) is 0.193. The van der Waals surface area contributed by atoms with Gasteiger partial charge in [0.2, 0.25) is 0 Å². The zero-order valence-electron chi connectivity index (χ0n) is 18.1. The number of carbonyl (C=O) groups is 1. The number of para-hydroxylation sites is 1. The van der Waals surface area contributed by atoms with E-state index >= 15 is 0 Å². The van der Waals surface area contributed by atoms with Crippen LogP contribution in [0.2, 0.25) is 0 Å². The zero-order valence-corrected chi connectivity index (χ0v) is 18.1. The Morgan fingerprint density at radius 3 is 2.78 bits per heavy atom. The number of halogens is 1. The van der Waals surface area contributed by atoms with E-state index in [-0.39, 0.29) is 11.7 Å². The Morgan fingerprint density at radius 1 is 1.16 bits per heavy atom. The summed E-state index contributed by atoms with van der Waals surface area (Å²) in [6, 6.07) is 16.2. The van der Waals surface area contributed by atoms with Crippen LogP contribution in [0.15, 0.2) is 48.5 Å². The molecule has 1 N–H and O–H groups in total. The van der Waals surface area contributed by atoms with E-state index in [1.165, 1.54) is 11.6 Å². The van der Waals surface area contributed by atoms with Gasteiger partial charge in [0.1, 0.15) is 17.7 Å². The normalized spacial score (nSPS) is 14.2. The van der Waals surface area contributed by atoms with E-state index < -0.39 is 5.82 Å². The van der Waals surface area contributed by atoms with Crippen molar-refractivity contribution in [2.45, 2.75) is 26.2 Å². The first-order valence-electron chi connectivity index (χ1n) is 11.0. The number of pyridine rings is 1. The van der Waals surface area contributed by atoms with Crippen LogP contribution in [0.1, 0.15) is 30.9 Å². The van der Waals surface area contributed by atoms with E-state index in [9.17, 15) is 14.4 Å². The highest BCUT2D eigenvalue weighted by molar-refractivity contribution is 5.89. The molecule has 1 fully saturated rings. The van der Waals surface area contributed by atoms with Crippen molar-refractivity contribution >= 4 is 28.4 Å². The van der Waals surface area contributed by atoms with Gasteiger partial charge in [-0.1, -0.05) is 31.5 Å². The van der Waals surface area contributed by atoms with Gasteiger partial charge in [0, 0.05) is 31.6 Å². The van der Waals surface area contributed by atoms with Gasteiger partial charge in [0.25, 0.3) is 0 Å². The van der Waals surface area contributed by atoms with Crippen LogP contribution in [0.25, 0.3) is 10.9 Å². The second-order valence-corrected chi connectivity index (χ2v) is 7.99. The Morgan fingerprint density at radius 2 is 2.00 bits per heavy atom. The summed E-state index contributed by atoms with van der Waals surface area (Å²) in [5.41, 5.74) is 2.81. The molecular formula is C25H26FN5O. The molecule has 3 aromatic rings. The van der Waals surface area contributed by atoms with E-state index in [0.717, 1.165) is 30.2 Å². The van der Waals surface area contributed by atoms with Crippen LogP contribution in [0.5, 0.6) is 0 Å². The van der Waals surface area contributed by atoms with Gasteiger partial charge in [-0.3, -0.25) is 0 Å². The molecule has 0 aliphatic carbocycles. The fourth-order valence-corrected chi connectivity index (χ4v) is 4.07. The van der Waals surface area contributed by atoms with Crippen molar-refractivity contribution in [1.29, 1.82) is 5.26 Å². The van der Waals surface area contributed by atoms with E-state index in [1.807, 2.05) is 12.1 Å². The number of nitrogens with one attached hydrogen (secondary N) is 1. The number of carbonyl (C=O) groups excluding carboxylic acids is 1. The van der Waals surface area contributed by atoms with Crippen LogP contribution in [0, 0.1) is 17.1 Å². The van der Waals surface area contributed by atoms with E-state index in [0.29, 0.717) is 37.6 Å². The maximum Gasteiger partial charge on any atom is 0.321 e. The maximum absolute atomic E-state index is 13.9. The van der Waals surface area contributed by atoms with Crippen molar-refractivity contribution < 1.29 is 9.18 Å². The average molecular weight is 432 g/mol. The van der Waals surface area contributed by atoms with Crippen LogP contribution >= 0.6 is 0 Å². The zero-order chi connectivity index (χ0) is 22.5. The fourth-order valence-electron chi connectivity index (χ4n) is 4.07. The standard InChI is InChI=1S/C25H26FN5O/c1-2-6-18-9-10-22-19(15-18)16-20(17-27)24(28-22)30-11-5-12-31(14-13-30)25(32)29-23-8-4-3-7-21(23)26/h3-4,7-10,15-16H,2,5-6,11-14H2,1H3,(H,29,32). The molecule has 164 valence electrons. The van der Waals surface area contributed by atoms with Gasteiger partial charge >= 0.3 is 6.03 Å². The lowest BCUT2D eigenvalue weighted by Gasteiger charge is -2.24. The van der Waals surface area contributed by atoms with Gasteiger partial charge < -0.3 is 15.1 Å². The van der Waals surface area contributed by atoms with Crippen molar-refractivity contribution in [3.8, 4) is 6.07 Å². The molecular weight excluding hydrogens is 405 g/mol. The minimum absolute atomic E-state index is 0.170. The molecule has 0 spiro atoms. The Bertz CT molecular complexity index is 1170. The molecule has 0 atom stereocenters. The molecule has 32 heavy (non-hydrogen) atoms. The summed E-state index contributed by atoms with van der Waals surface area (Å²) in [5, 5.41) is 13.4. The molecule has 1 aliphatic rings. The minimum Gasteiger partial charge on any atom is -0.354 e. The van der Waals surface area contributed by atoms with Crippen molar-refractivity contribution in [3.05, 3.63) is 65.5 Å². The molecule has 2 heterocycles. The first-order valence-corrected chi connectivity index (χ1v) is 11.0. The van der Waals surface area contributed by atoms with E-state index in [4.69, 9.17) is 4.98 Å². The Hall–Kier alpha value is -3.66. The summed E-state index contributed by atoms with van der Waals surface area (Å²) in [7, 11) is 0. The summed E-state index contributed by atoms with van der Waals surface area (Å²) in [4.78, 5) is 21.2. The number of amides is 2. The van der Waals surface area contributed by atoms with Gasteiger partial charge in [0.15, 0.2) is 0 Å². The maximum atomic E-state index is 13.9. The highest BCUT2D eigenvalue weighted by atomic mass is 19.1. The predicted molar refractivity (Wildman–Crippen MR) is 124 cm³/mol. The third kappa shape index (κ3) is 4.65. The second-order valence-electron chi connectivity index (χ2n) is 7.99. The number of benzene rings is 2. The van der Waals surface area contributed by atoms with Crippen LogP contribution in [-0.2, 0) is 6.42 Å². The monoisotopic (exact) mass is 431 g/mol. The van der Waals surface area contributed by atoms with Crippen molar-refractivity contribution in [2.75, 3.05) is 36.4 Å². The lowest BCUT2D eigenvalue weighted by atomic mass is 10.1. The molecule has 6 nitrogen and oxygen atoms in total. The molecule has 2 amide bonds. The number of aromatic nitrogens is 1. The quantitative estimate of drug-likeness (QED) is 0.635. The van der Waals surface area contributed by atoms with Crippen molar-refractivity contribution in [1.82, 2.24) is 9.88 Å². The molecule has 1 saturated heterocycles. The minimum atomic E-state index is -0.460. The number of aryl methyl sites for hydroxylation is 1. The Kier molecular flexibility index (Phi) is 6.50. The number of rotatable bonds is 4. The van der Waals surface area contributed by atoms with Gasteiger partial charge in [0.05, 0.1) is 16.8 Å². The lowest BCUT2D eigenvalue weighted by Crippen LogP contribution is -2.38. The molecule has 1 aliphatic heterocycles. The third-order valence-electron chi connectivity index (χ3n) is 5.72. The van der Waals surface area contributed by atoms with Crippen LogP contribution in [0.3, 0.4) is 0 Å². The fraction of sp³-hybridized carbons (Fsp3) is 0.320. The molecule has 0 saturated carbocycles.